The Labute approximate surface area is 85.1 Å². The summed E-state index contributed by atoms with van der Waals surface area (Å²) in [4.78, 5) is 9.79. The van der Waals surface area contributed by atoms with Gasteiger partial charge in [-0.15, -0.1) is 6.58 Å². The Kier molecular flexibility index (Phi) is 9.27. The maximum atomic E-state index is 9.79. The summed E-state index contributed by atoms with van der Waals surface area (Å²) in [5.41, 5.74) is 0. The molecule has 0 spiro atoms. The van der Waals surface area contributed by atoms with Crippen molar-refractivity contribution in [1.82, 2.24) is 0 Å². The maximum absolute atomic E-state index is 9.79. The van der Waals surface area contributed by atoms with Crippen molar-refractivity contribution in [2.75, 3.05) is 6.61 Å². The van der Waals surface area contributed by atoms with Crippen LogP contribution in [-0.4, -0.2) is 19.8 Å². The summed E-state index contributed by atoms with van der Waals surface area (Å²) in [7, 11) is -0.509. The zero-order valence-electron chi connectivity index (χ0n) is 8.57. The highest BCUT2D eigenvalue weighted by Gasteiger charge is 2.17. The summed E-state index contributed by atoms with van der Waals surface area (Å²) in [5, 5.41) is 3.01. The van der Waals surface area contributed by atoms with Gasteiger partial charge in [-0.05, 0) is 11.6 Å². The summed E-state index contributed by atoms with van der Waals surface area (Å²) in [6.07, 6.45) is 6.71. The van der Waals surface area contributed by atoms with Crippen LogP contribution in [0.15, 0.2) is 17.8 Å². The lowest BCUT2D eigenvalue weighted by Gasteiger charge is -2.08. The Morgan fingerprint density at radius 2 is 2.36 bits per heavy atom. The second-order valence-electron chi connectivity index (χ2n) is 2.82. The molecule has 0 N–H and O–H groups in total. The van der Waals surface area contributed by atoms with Gasteiger partial charge in [0.25, 0.3) is 6.08 Å². The largest absolute Gasteiger partial charge is 0.555 e. The molecule has 0 saturated heterocycles. The van der Waals surface area contributed by atoms with Crippen molar-refractivity contribution >= 4 is 13.2 Å². The predicted molar refractivity (Wildman–Crippen MR) is 55.4 cm³/mol. The van der Waals surface area contributed by atoms with E-state index in [1.54, 1.807) is 6.08 Å². The molecule has 0 amide bonds. The summed E-state index contributed by atoms with van der Waals surface area (Å²) < 4.78 is 10.0. The molecule has 0 aliphatic heterocycles. The van der Waals surface area contributed by atoms with Crippen LogP contribution >= 0.6 is 0 Å². The van der Waals surface area contributed by atoms with Crippen LogP contribution in [0.1, 0.15) is 26.2 Å². The van der Waals surface area contributed by atoms with Gasteiger partial charge in [-0.1, -0.05) is 25.8 Å². The van der Waals surface area contributed by atoms with E-state index in [0.717, 1.165) is 19.3 Å². The lowest BCUT2D eigenvalue weighted by Crippen LogP contribution is -2.20. The van der Waals surface area contributed by atoms with Gasteiger partial charge < -0.3 is 9.41 Å². The lowest BCUT2D eigenvalue weighted by molar-refractivity contribution is 0.201. The van der Waals surface area contributed by atoms with Crippen molar-refractivity contribution in [2.24, 2.45) is 5.16 Å². The van der Waals surface area contributed by atoms with Gasteiger partial charge in [0.05, 0.1) is 0 Å². The Morgan fingerprint density at radius 1 is 1.57 bits per heavy atom. The first kappa shape index (κ1) is 12.9. The minimum absolute atomic E-state index is 0.509. The van der Waals surface area contributed by atoms with E-state index in [4.69, 9.17) is 9.41 Å². The van der Waals surface area contributed by atoms with Crippen LogP contribution in [0.4, 0.5) is 0 Å². The number of hydrogen-bond acceptors (Lipinski definition) is 4. The number of isocyanates is 1. The zero-order chi connectivity index (χ0) is 10.6. The van der Waals surface area contributed by atoms with Crippen molar-refractivity contribution in [3.8, 4) is 0 Å². The Bertz CT molecular complexity index is 192. The fourth-order valence-corrected chi connectivity index (χ4v) is 0.925. The van der Waals surface area contributed by atoms with Crippen molar-refractivity contribution in [3.05, 3.63) is 12.7 Å². The van der Waals surface area contributed by atoms with Crippen molar-refractivity contribution in [2.45, 2.75) is 32.5 Å². The van der Waals surface area contributed by atoms with Gasteiger partial charge >= 0.3 is 7.12 Å². The molecule has 0 heterocycles. The van der Waals surface area contributed by atoms with Crippen molar-refractivity contribution < 1.29 is 14.2 Å². The van der Waals surface area contributed by atoms with Crippen LogP contribution in [0.2, 0.25) is 6.32 Å². The second-order valence-corrected chi connectivity index (χ2v) is 2.82. The third-order valence-corrected chi connectivity index (χ3v) is 1.62. The maximum Gasteiger partial charge on any atom is 0.555 e. The Balaban J connectivity index is 3.60. The van der Waals surface area contributed by atoms with E-state index in [-0.39, 0.29) is 0 Å². The van der Waals surface area contributed by atoms with Gasteiger partial charge in [0.2, 0.25) is 0 Å². The molecule has 0 aliphatic carbocycles. The average Bonchev–Trinajstić information content (AvgIpc) is 2.20. The van der Waals surface area contributed by atoms with Crippen LogP contribution in [-0.2, 0) is 14.2 Å². The van der Waals surface area contributed by atoms with Crippen LogP contribution in [0, 0.1) is 0 Å². The van der Waals surface area contributed by atoms with E-state index < -0.39 is 7.12 Å². The molecule has 0 fully saturated rings. The van der Waals surface area contributed by atoms with E-state index in [0.29, 0.717) is 12.9 Å². The van der Waals surface area contributed by atoms with Crippen LogP contribution in [0.5, 0.6) is 0 Å². The molecular formula is C9H16BNO3. The molecule has 0 unspecified atom stereocenters. The van der Waals surface area contributed by atoms with Gasteiger partial charge in [0, 0.05) is 12.9 Å². The SMILES string of the molecule is C=CCB(OCCCCC)ON=C=O. The number of allylic oxidation sites excluding steroid dienone is 1. The Morgan fingerprint density at radius 3 is 2.93 bits per heavy atom. The number of carbonyl (C=O) groups excluding carboxylic acids is 1. The highest BCUT2D eigenvalue weighted by atomic mass is 16.7. The van der Waals surface area contributed by atoms with Crippen LogP contribution in [0.3, 0.4) is 0 Å². The zero-order valence-corrected chi connectivity index (χ0v) is 8.57. The number of rotatable bonds is 9. The van der Waals surface area contributed by atoms with E-state index in [2.05, 4.69) is 18.7 Å². The number of hydrogen-bond donors (Lipinski definition) is 0. The molecule has 0 saturated carbocycles. The number of unbranched alkanes of at least 4 members (excludes halogenated alkanes) is 2. The summed E-state index contributed by atoms with van der Waals surface area (Å²) in [6, 6.07) is 0. The second kappa shape index (κ2) is 10.0. The summed E-state index contributed by atoms with van der Waals surface area (Å²) >= 11 is 0. The minimum Gasteiger partial charge on any atom is -0.423 e. The van der Waals surface area contributed by atoms with Crippen molar-refractivity contribution in [1.29, 1.82) is 0 Å². The first-order valence-corrected chi connectivity index (χ1v) is 4.80. The topological polar surface area (TPSA) is 47.9 Å². The molecule has 0 rings (SSSR count). The first-order chi connectivity index (χ1) is 6.85. The summed E-state index contributed by atoms with van der Waals surface area (Å²) in [6.45, 7) is 6.28. The molecule has 4 nitrogen and oxygen atoms in total. The summed E-state index contributed by atoms with van der Waals surface area (Å²) in [5.74, 6) is 0. The Hall–Kier alpha value is -1.06. The molecule has 0 bridgehead atoms. The molecule has 5 heteroatoms. The van der Waals surface area contributed by atoms with Crippen LogP contribution < -0.4 is 0 Å². The molecule has 78 valence electrons. The predicted octanol–water partition coefficient (Wildman–Crippen LogP) is 2.13. The lowest BCUT2D eigenvalue weighted by atomic mass is 9.85. The monoisotopic (exact) mass is 197 g/mol. The molecular weight excluding hydrogens is 181 g/mol. The van der Waals surface area contributed by atoms with Gasteiger partial charge in [-0.25, -0.2) is 4.79 Å². The standard InChI is InChI=1S/C9H16BNO3/c1-3-5-6-8-13-10(7-4-2)14-11-9-12/h4H,2-3,5-8H2,1H3. The third kappa shape index (κ3) is 7.59. The first-order valence-electron chi connectivity index (χ1n) is 4.80. The highest BCUT2D eigenvalue weighted by molar-refractivity contribution is 6.44. The molecule has 14 heavy (non-hydrogen) atoms. The van der Waals surface area contributed by atoms with Gasteiger partial charge in [-0.3, -0.25) is 0 Å². The van der Waals surface area contributed by atoms with Gasteiger partial charge in [0.15, 0.2) is 0 Å². The third-order valence-electron chi connectivity index (χ3n) is 1.62. The highest BCUT2D eigenvalue weighted by Crippen LogP contribution is 2.01. The smallest absolute Gasteiger partial charge is 0.423 e. The fourth-order valence-electron chi connectivity index (χ4n) is 0.925. The van der Waals surface area contributed by atoms with Gasteiger partial charge in [0.1, 0.15) is 0 Å². The molecule has 0 radical (unpaired) electrons. The molecule has 0 atom stereocenters. The molecule has 0 aromatic heterocycles. The minimum atomic E-state index is -0.509. The molecule has 0 aliphatic rings. The van der Waals surface area contributed by atoms with E-state index in [9.17, 15) is 4.79 Å². The van der Waals surface area contributed by atoms with Crippen LogP contribution in [0.25, 0.3) is 0 Å². The number of nitrogens with zero attached hydrogens (tertiary/aromatic N) is 1. The van der Waals surface area contributed by atoms with Gasteiger partial charge in [-0.2, -0.15) is 0 Å². The normalized spacial score (nSPS) is 8.93. The van der Waals surface area contributed by atoms with E-state index >= 15 is 0 Å². The van der Waals surface area contributed by atoms with E-state index in [1.807, 2.05) is 0 Å². The quantitative estimate of drug-likeness (QED) is 0.142. The van der Waals surface area contributed by atoms with E-state index in [1.165, 1.54) is 6.08 Å². The molecule has 0 aromatic carbocycles. The fraction of sp³-hybridized carbons (Fsp3) is 0.667. The molecule has 0 aromatic rings. The average molecular weight is 197 g/mol. The van der Waals surface area contributed by atoms with Crippen molar-refractivity contribution in [3.63, 3.8) is 0 Å².